The van der Waals surface area contributed by atoms with Crippen LogP contribution in [0.25, 0.3) is 0 Å². The zero-order valence-electron chi connectivity index (χ0n) is 17.8. The highest BCUT2D eigenvalue weighted by Gasteiger charge is 2.48. The molecule has 32 heavy (non-hydrogen) atoms. The van der Waals surface area contributed by atoms with Gasteiger partial charge in [0.1, 0.15) is 5.03 Å². The second kappa shape index (κ2) is 9.23. The molecule has 2 fully saturated rings. The molecule has 2 aromatic rings. The molecule has 2 saturated heterocycles. The Hall–Kier alpha value is -1.78. The largest absolute Gasteiger partial charge is 0.464 e. The summed E-state index contributed by atoms with van der Waals surface area (Å²) in [6, 6.07) is 5.25. The fourth-order valence-corrected chi connectivity index (χ4v) is 5.57. The Kier molecular flexibility index (Phi) is 6.74. The summed E-state index contributed by atoms with van der Waals surface area (Å²) in [6.07, 6.45) is 1.70. The van der Waals surface area contributed by atoms with Gasteiger partial charge in [-0.1, -0.05) is 41.0 Å². The molecule has 2 atom stereocenters. The van der Waals surface area contributed by atoms with Gasteiger partial charge in [-0.05, 0) is 31.9 Å². The number of nitrogen functional groups attached to an aromatic ring is 1. The predicted octanol–water partition coefficient (Wildman–Crippen LogP) is 3.64. The SMILES string of the molecule is COC(=O)c1nc(Sc2cccc(Cl)c2Cl)c(N)nc1N1CCC2(CC1)CO[C@@H](C)[C@H]2N. The number of ether oxygens (including phenoxy) is 2. The maximum absolute atomic E-state index is 12.6. The Morgan fingerprint density at radius 3 is 2.66 bits per heavy atom. The number of hydrogen-bond donors (Lipinski definition) is 2. The van der Waals surface area contributed by atoms with E-state index in [1.807, 2.05) is 11.8 Å². The summed E-state index contributed by atoms with van der Waals surface area (Å²) < 4.78 is 10.8. The summed E-state index contributed by atoms with van der Waals surface area (Å²) in [6.45, 7) is 3.98. The Morgan fingerprint density at radius 2 is 2.03 bits per heavy atom. The lowest BCUT2D eigenvalue weighted by Gasteiger charge is -2.41. The third kappa shape index (κ3) is 4.24. The highest BCUT2D eigenvalue weighted by atomic mass is 35.5. The maximum atomic E-state index is 12.6. The molecule has 172 valence electrons. The van der Waals surface area contributed by atoms with Gasteiger partial charge in [0.2, 0.25) is 0 Å². The third-order valence-electron chi connectivity index (χ3n) is 6.28. The fraction of sp³-hybridized carbons (Fsp3) is 0.476. The molecule has 0 radical (unpaired) electrons. The zero-order chi connectivity index (χ0) is 23.0. The van der Waals surface area contributed by atoms with Crippen molar-refractivity contribution >= 4 is 52.6 Å². The number of carbonyl (C=O) groups excluding carboxylic acids is 1. The number of hydrogen-bond acceptors (Lipinski definition) is 9. The minimum absolute atomic E-state index is 0.0119. The van der Waals surface area contributed by atoms with Crippen LogP contribution in [0.3, 0.4) is 0 Å². The van der Waals surface area contributed by atoms with E-state index in [4.69, 9.17) is 44.1 Å². The quantitative estimate of drug-likeness (QED) is 0.610. The van der Waals surface area contributed by atoms with Gasteiger partial charge in [-0.15, -0.1) is 0 Å². The molecule has 0 aliphatic carbocycles. The lowest BCUT2D eigenvalue weighted by molar-refractivity contribution is 0.0593. The molecule has 11 heteroatoms. The average molecular weight is 498 g/mol. The van der Waals surface area contributed by atoms with E-state index in [2.05, 4.69) is 9.97 Å². The monoisotopic (exact) mass is 497 g/mol. The van der Waals surface area contributed by atoms with Gasteiger partial charge in [0.25, 0.3) is 0 Å². The van der Waals surface area contributed by atoms with Crippen molar-refractivity contribution in [3.8, 4) is 0 Å². The topological polar surface area (TPSA) is 117 Å². The molecule has 2 aliphatic rings. The van der Waals surface area contributed by atoms with Crippen molar-refractivity contribution in [3.63, 3.8) is 0 Å². The number of piperidine rings is 1. The summed E-state index contributed by atoms with van der Waals surface area (Å²) in [5.41, 5.74) is 12.7. The van der Waals surface area contributed by atoms with Crippen molar-refractivity contribution in [2.75, 3.05) is 37.4 Å². The number of carbonyl (C=O) groups is 1. The summed E-state index contributed by atoms with van der Waals surface area (Å²) >= 11 is 13.6. The van der Waals surface area contributed by atoms with Crippen LogP contribution in [-0.4, -0.2) is 54.9 Å². The smallest absolute Gasteiger partial charge is 0.360 e. The first-order valence-corrected chi connectivity index (χ1v) is 11.8. The van der Waals surface area contributed by atoms with Crippen molar-refractivity contribution in [2.45, 2.75) is 41.8 Å². The van der Waals surface area contributed by atoms with Gasteiger partial charge in [-0.2, -0.15) is 0 Å². The first-order valence-electron chi connectivity index (χ1n) is 10.3. The Balaban J connectivity index is 1.62. The van der Waals surface area contributed by atoms with Crippen LogP contribution in [0, 0.1) is 5.41 Å². The van der Waals surface area contributed by atoms with E-state index in [1.54, 1.807) is 18.2 Å². The van der Waals surface area contributed by atoms with Gasteiger partial charge in [-0.3, -0.25) is 0 Å². The first-order chi connectivity index (χ1) is 15.3. The molecule has 1 aromatic heterocycles. The third-order valence-corrected chi connectivity index (χ3v) is 8.26. The van der Waals surface area contributed by atoms with E-state index in [9.17, 15) is 4.79 Å². The average Bonchev–Trinajstić information content (AvgIpc) is 3.06. The minimum atomic E-state index is -0.582. The standard InChI is InChI=1S/C21H25Cl2N5O3S/c1-11-16(24)21(10-31-11)6-8-28(9-7-21)18-15(20(29)30-2)26-19(17(25)27-18)32-13-5-3-4-12(22)14(13)23/h3-5,11,16H,6-10,24H2,1-2H3,(H2,25,27)/t11-,16+/m0/s1. The Labute approximate surface area is 200 Å². The predicted molar refractivity (Wildman–Crippen MR) is 126 cm³/mol. The molecule has 2 aliphatic heterocycles. The maximum Gasteiger partial charge on any atom is 0.360 e. The van der Waals surface area contributed by atoms with E-state index < -0.39 is 5.97 Å². The number of nitrogens with zero attached hydrogens (tertiary/aromatic N) is 3. The number of anilines is 2. The van der Waals surface area contributed by atoms with Crippen LogP contribution < -0.4 is 16.4 Å². The van der Waals surface area contributed by atoms with Crippen LogP contribution in [0.4, 0.5) is 11.6 Å². The van der Waals surface area contributed by atoms with Crippen molar-refractivity contribution in [3.05, 3.63) is 33.9 Å². The summed E-state index contributed by atoms with van der Waals surface area (Å²) in [7, 11) is 1.31. The van der Waals surface area contributed by atoms with Crippen molar-refractivity contribution in [2.24, 2.45) is 11.1 Å². The van der Waals surface area contributed by atoms with Crippen molar-refractivity contribution in [1.29, 1.82) is 0 Å². The van der Waals surface area contributed by atoms with Crippen LogP contribution in [0.15, 0.2) is 28.1 Å². The molecule has 3 heterocycles. The Morgan fingerprint density at radius 1 is 1.31 bits per heavy atom. The van der Waals surface area contributed by atoms with Gasteiger partial charge in [0, 0.05) is 29.4 Å². The molecule has 0 unspecified atom stereocenters. The van der Waals surface area contributed by atoms with E-state index in [1.165, 1.54) is 18.9 Å². The van der Waals surface area contributed by atoms with E-state index in [0.29, 0.717) is 45.5 Å². The van der Waals surface area contributed by atoms with Crippen LogP contribution in [0.1, 0.15) is 30.3 Å². The molecule has 0 saturated carbocycles. The highest BCUT2D eigenvalue weighted by Crippen LogP contribution is 2.43. The lowest BCUT2D eigenvalue weighted by Crippen LogP contribution is -2.51. The molecular formula is C21H25Cl2N5O3S. The van der Waals surface area contributed by atoms with Gasteiger partial charge < -0.3 is 25.8 Å². The summed E-state index contributed by atoms with van der Waals surface area (Å²) in [4.78, 5) is 24.3. The number of benzene rings is 1. The van der Waals surface area contributed by atoms with Crippen LogP contribution in [-0.2, 0) is 9.47 Å². The number of nitrogens with two attached hydrogens (primary N) is 2. The number of aromatic nitrogens is 2. The van der Waals surface area contributed by atoms with E-state index >= 15 is 0 Å². The van der Waals surface area contributed by atoms with Crippen LogP contribution in [0.5, 0.6) is 0 Å². The molecule has 1 aromatic carbocycles. The molecule has 0 amide bonds. The fourth-order valence-electron chi connectivity index (χ4n) is 4.26. The number of methoxy groups -OCH3 is 1. The van der Waals surface area contributed by atoms with Gasteiger partial charge in [-0.25, -0.2) is 14.8 Å². The van der Waals surface area contributed by atoms with Gasteiger partial charge in [0.15, 0.2) is 17.3 Å². The zero-order valence-corrected chi connectivity index (χ0v) is 20.1. The highest BCUT2D eigenvalue weighted by molar-refractivity contribution is 7.99. The van der Waals surface area contributed by atoms with Crippen molar-refractivity contribution < 1.29 is 14.3 Å². The second-order valence-corrected chi connectivity index (χ2v) is 9.94. The van der Waals surface area contributed by atoms with Crippen LogP contribution >= 0.6 is 35.0 Å². The number of halogens is 2. The Bertz CT molecular complexity index is 1030. The first kappa shape index (κ1) is 23.4. The molecule has 8 nitrogen and oxygen atoms in total. The summed E-state index contributed by atoms with van der Waals surface area (Å²) in [5.74, 6) is 0.0242. The minimum Gasteiger partial charge on any atom is -0.464 e. The number of rotatable bonds is 4. The number of esters is 1. The second-order valence-electron chi connectivity index (χ2n) is 8.12. The molecule has 4 rings (SSSR count). The lowest BCUT2D eigenvalue weighted by atomic mass is 9.73. The van der Waals surface area contributed by atoms with Gasteiger partial charge in [0.05, 0.1) is 29.9 Å². The molecule has 1 spiro atoms. The van der Waals surface area contributed by atoms with Crippen molar-refractivity contribution in [1.82, 2.24) is 9.97 Å². The summed E-state index contributed by atoms with van der Waals surface area (Å²) in [5, 5.41) is 1.15. The van der Waals surface area contributed by atoms with E-state index in [-0.39, 0.29) is 29.1 Å². The van der Waals surface area contributed by atoms with Gasteiger partial charge >= 0.3 is 5.97 Å². The van der Waals surface area contributed by atoms with Crippen LogP contribution in [0.2, 0.25) is 10.0 Å². The molecular weight excluding hydrogens is 473 g/mol. The molecule has 4 N–H and O–H groups in total. The molecule has 0 bridgehead atoms. The van der Waals surface area contributed by atoms with E-state index in [0.717, 1.165) is 12.8 Å². The normalized spacial score (nSPS) is 22.3.